The molecule has 0 saturated carbocycles. The number of rotatable bonds is 8. The zero-order chi connectivity index (χ0) is 14.2. The quantitative estimate of drug-likeness (QED) is 0.745. The van der Waals surface area contributed by atoms with Crippen molar-refractivity contribution in [3.8, 4) is 11.1 Å². The third kappa shape index (κ3) is 4.20. The molecule has 0 aliphatic carbocycles. The van der Waals surface area contributed by atoms with E-state index < -0.39 is 0 Å². The molecule has 20 heavy (non-hydrogen) atoms. The molecule has 0 unspecified atom stereocenters. The maximum Gasteiger partial charge on any atom is 0.0568 e. The van der Waals surface area contributed by atoms with Gasteiger partial charge in [-0.05, 0) is 24.0 Å². The van der Waals surface area contributed by atoms with Gasteiger partial charge in [-0.25, -0.2) is 0 Å². The molecule has 0 fully saturated rings. The Kier molecular flexibility index (Phi) is 5.81. The number of hydrogen-bond acceptors (Lipinski definition) is 2. The Balaban J connectivity index is 1.99. The fourth-order valence-electron chi connectivity index (χ4n) is 2.37. The highest BCUT2D eigenvalue weighted by atomic mass is 16.2. The van der Waals surface area contributed by atoms with E-state index in [9.17, 15) is 0 Å². The third-order valence-electron chi connectivity index (χ3n) is 3.53. The van der Waals surface area contributed by atoms with Gasteiger partial charge in [-0.2, -0.15) is 5.10 Å². The molecule has 0 amide bonds. The number of unbranched alkanes of at least 4 members (excludes halogenated alkanes) is 3. The Bertz CT molecular complexity index is 519. The summed E-state index contributed by atoms with van der Waals surface area (Å²) in [5.74, 6) is 0. The Morgan fingerprint density at radius 2 is 2.05 bits per heavy atom. The first kappa shape index (κ1) is 14.8. The Morgan fingerprint density at radius 1 is 1.15 bits per heavy atom. The summed E-state index contributed by atoms with van der Waals surface area (Å²) in [6.45, 7) is 3.42. The lowest BCUT2D eigenvalue weighted by Gasteiger charge is -2.02. The minimum absolute atomic E-state index is 0.195. The molecule has 0 atom stereocenters. The van der Waals surface area contributed by atoms with E-state index in [1.54, 1.807) is 0 Å². The van der Waals surface area contributed by atoms with Crippen molar-refractivity contribution in [2.75, 3.05) is 6.61 Å². The molecule has 1 aromatic heterocycles. The van der Waals surface area contributed by atoms with Crippen LogP contribution >= 0.6 is 0 Å². The molecule has 0 radical (unpaired) electrons. The zero-order valence-corrected chi connectivity index (χ0v) is 12.3. The third-order valence-corrected chi connectivity index (χ3v) is 3.53. The van der Waals surface area contributed by atoms with Crippen LogP contribution in [-0.4, -0.2) is 21.5 Å². The second-order valence-corrected chi connectivity index (χ2v) is 5.23. The second kappa shape index (κ2) is 7.85. The van der Waals surface area contributed by atoms with Crippen molar-refractivity contribution >= 4 is 0 Å². The van der Waals surface area contributed by atoms with E-state index >= 15 is 0 Å². The number of hydrogen-bond donors (Lipinski definition) is 1. The van der Waals surface area contributed by atoms with Crippen molar-refractivity contribution in [2.24, 2.45) is 0 Å². The topological polar surface area (TPSA) is 38.0 Å². The number of aromatic nitrogens is 2. The Hall–Kier alpha value is -1.61. The van der Waals surface area contributed by atoms with Crippen molar-refractivity contribution in [1.29, 1.82) is 0 Å². The largest absolute Gasteiger partial charge is 0.396 e. The highest BCUT2D eigenvalue weighted by Gasteiger charge is 2.03. The van der Waals surface area contributed by atoms with Crippen molar-refractivity contribution < 1.29 is 5.11 Å². The lowest BCUT2D eigenvalue weighted by atomic mass is 10.0. The lowest BCUT2D eigenvalue weighted by Crippen LogP contribution is -1.97. The van der Waals surface area contributed by atoms with Crippen molar-refractivity contribution in [3.63, 3.8) is 0 Å². The number of nitrogens with zero attached hydrogens (tertiary/aromatic N) is 2. The standard InChI is InChI=1S/C17H24N2O/c1-2-3-4-5-10-19-14-17(13-18-19)16-8-6-7-15(12-16)9-11-20/h6-8,12-14,20H,2-5,9-11H2,1H3. The molecule has 2 aromatic rings. The van der Waals surface area contributed by atoms with E-state index in [0.29, 0.717) is 6.42 Å². The van der Waals surface area contributed by atoms with Gasteiger partial charge in [0.15, 0.2) is 0 Å². The second-order valence-electron chi connectivity index (χ2n) is 5.23. The molecule has 3 heteroatoms. The van der Waals surface area contributed by atoms with Gasteiger partial charge in [0.05, 0.1) is 6.20 Å². The molecule has 0 spiro atoms. The fraction of sp³-hybridized carbons (Fsp3) is 0.471. The van der Waals surface area contributed by atoms with E-state index in [2.05, 4.69) is 36.4 Å². The predicted octanol–water partition coefficient (Wildman–Crippen LogP) is 3.67. The monoisotopic (exact) mass is 272 g/mol. The summed E-state index contributed by atoms with van der Waals surface area (Å²) in [6.07, 6.45) is 9.79. The first-order valence-corrected chi connectivity index (χ1v) is 7.56. The maximum absolute atomic E-state index is 9.01. The minimum atomic E-state index is 0.195. The summed E-state index contributed by atoms with van der Waals surface area (Å²) >= 11 is 0. The van der Waals surface area contributed by atoms with Gasteiger partial charge in [-0.15, -0.1) is 0 Å². The molecule has 1 N–H and O–H groups in total. The first-order chi connectivity index (χ1) is 9.83. The SMILES string of the molecule is CCCCCCn1cc(-c2cccc(CCO)c2)cn1. The summed E-state index contributed by atoms with van der Waals surface area (Å²) in [5, 5.41) is 13.4. The smallest absolute Gasteiger partial charge is 0.0568 e. The Morgan fingerprint density at radius 3 is 2.85 bits per heavy atom. The van der Waals surface area contributed by atoms with Crippen LogP contribution in [0.4, 0.5) is 0 Å². The maximum atomic E-state index is 9.01. The molecule has 1 aromatic carbocycles. The van der Waals surface area contributed by atoms with E-state index in [-0.39, 0.29) is 6.61 Å². The van der Waals surface area contributed by atoms with Crippen LogP contribution in [0.1, 0.15) is 38.2 Å². The lowest BCUT2D eigenvalue weighted by molar-refractivity contribution is 0.299. The van der Waals surface area contributed by atoms with Gasteiger partial charge in [0, 0.05) is 24.9 Å². The molecular formula is C17H24N2O. The molecule has 0 aliphatic rings. The van der Waals surface area contributed by atoms with E-state index in [1.165, 1.54) is 36.8 Å². The van der Waals surface area contributed by atoms with Crippen LogP contribution in [0.3, 0.4) is 0 Å². The highest BCUT2D eigenvalue weighted by molar-refractivity contribution is 5.62. The number of aliphatic hydroxyl groups is 1. The van der Waals surface area contributed by atoms with Gasteiger partial charge in [-0.1, -0.05) is 50.5 Å². The summed E-state index contributed by atoms with van der Waals surface area (Å²) in [6, 6.07) is 8.32. The molecule has 0 saturated heterocycles. The van der Waals surface area contributed by atoms with Crippen molar-refractivity contribution in [2.45, 2.75) is 45.6 Å². The highest BCUT2D eigenvalue weighted by Crippen LogP contribution is 2.20. The normalized spacial score (nSPS) is 10.9. The summed E-state index contributed by atoms with van der Waals surface area (Å²) in [7, 11) is 0. The molecule has 108 valence electrons. The number of aliphatic hydroxyl groups excluding tert-OH is 1. The van der Waals surface area contributed by atoms with Gasteiger partial charge >= 0.3 is 0 Å². The molecular weight excluding hydrogens is 248 g/mol. The van der Waals surface area contributed by atoms with Crippen LogP contribution in [0.25, 0.3) is 11.1 Å². The predicted molar refractivity (Wildman–Crippen MR) is 82.6 cm³/mol. The summed E-state index contributed by atoms with van der Waals surface area (Å²) in [4.78, 5) is 0. The zero-order valence-electron chi connectivity index (χ0n) is 12.3. The average molecular weight is 272 g/mol. The van der Waals surface area contributed by atoms with Gasteiger partial charge in [-0.3, -0.25) is 4.68 Å². The summed E-state index contributed by atoms with van der Waals surface area (Å²) in [5.41, 5.74) is 3.50. The van der Waals surface area contributed by atoms with Crippen LogP contribution in [0.5, 0.6) is 0 Å². The van der Waals surface area contributed by atoms with Gasteiger partial charge < -0.3 is 5.11 Å². The first-order valence-electron chi connectivity index (χ1n) is 7.56. The molecule has 2 rings (SSSR count). The van der Waals surface area contributed by atoms with Crippen LogP contribution < -0.4 is 0 Å². The summed E-state index contributed by atoms with van der Waals surface area (Å²) < 4.78 is 2.03. The van der Waals surface area contributed by atoms with E-state index in [0.717, 1.165) is 12.1 Å². The number of aryl methyl sites for hydroxylation is 1. The van der Waals surface area contributed by atoms with Crippen molar-refractivity contribution in [1.82, 2.24) is 9.78 Å². The van der Waals surface area contributed by atoms with Gasteiger partial charge in [0.1, 0.15) is 0 Å². The van der Waals surface area contributed by atoms with Crippen LogP contribution in [-0.2, 0) is 13.0 Å². The van der Waals surface area contributed by atoms with Gasteiger partial charge in [0.2, 0.25) is 0 Å². The van der Waals surface area contributed by atoms with Crippen LogP contribution in [0.15, 0.2) is 36.7 Å². The molecule has 0 bridgehead atoms. The molecule has 0 aliphatic heterocycles. The number of benzene rings is 1. The Labute approximate surface area is 121 Å². The molecule has 1 heterocycles. The van der Waals surface area contributed by atoms with E-state index in [4.69, 9.17) is 5.11 Å². The fourth-order valence-corrected chi connectivity index (χ4v) is 2.37. The van der Waals surface area contributed by atoms with Gasteiger partial charge in [0.25, 0.3) is 0 Å². The molecule has 3 nitrogen and oxygen atoms in total. The van der Waals surface area contributed by atoms with E-state index in [1.807, 2.05) is 16.9 Å². The average Bonchev–Trinajstić information content (AvgIpc) is 2.93. The van der Waals surface area contributed by atoms with Crippen molar-refractivity contribution in [3.05, 3.63) is 42.2 Å². The minimum Gasteiger partial charge on any atom is -0.396 e. The van der Waals surface area contributed by atoms with Crippen LogP contribution in [0.2, 0.25) is 0 Å². The van der Waals surface area contributed by atoms with Crippen LogP contribution in [0, 0.1) is 0 Å².